The van der Waals surface area contributed by atoms with Gasteiger partial charge in [0.25, 0.3) is 0 Å². The summed E-state index contributed by atoms with van der Waals surface area (Å²) in [5, 5.41) is 16.7. The topological polar surface area (TPSA) is 122 Å². The van der Waals surface area contributed by atoms with E-state index in [2.05, 4.69) is 15.6 Å². The molecule has 0 radical (unpaired) electrons. The van der Waals surface area contributed by atoms with Crippen molar-refractivity contribution in [2.45, 2.75) is 25.5 Å². The Kier molecular flexibility index (Phi) is 8.15. The standard InChI is InChI=1S/C24H29N3O6/c1-15(28)27-20(11-16-12-25-19-8-5-4-7-18(16)19)24(30)26-13-17(29)14-33-23-21(31-2)9-6-10-22(23)32-3/h4-10,12,17,20,25,29H,11,13-14H2,1-3H3,(H,26,30)(H,27,28). The fourth-order valence-electron chi connectivity index (χ4n) is 3.51. The number of carbonyl (C=O) groups excluding carboxylic acids is 2. The van der Waals surface area contributed by atoms with Crippen molar-refractivity contribution in [2.24, 2.45) is 0 Å². The smallest absolute Gasteiger partial charge is 0.243 e. The number of nitrogens with one attached hydrogen (secondary N) is 3. The number of hydrogen-bond donors (Lipinski definition) is 4. The van der Waals surface area contributed by atoms with Crippen LogP contribution in [-0.2, 0) is 16.0 Å². The van der Waals surface area contributed by atoms with Crippen LogP contribution in [0.1, 0.15) is 12.5 Å². The van der Waals surface area contributed by atoms with Crippen molar-refractivity contribution in [1.82, 2.24) is 15.6 Å². The summed E-state index contributed by atoms with van der Waals surface area (Å²) in [7, 11) is 3.02. The van der Waals surface area contributed by atoms with Gasteiger partial charge >= 0.3 is 0 Å². The number of aromatic nitrogens is 1. The van der Waals surface area contributed by atoms with Crippen molar-refractivity contribution in [1.29, 1.82) is 0 Å². The number of hydrogen-bond acceptors (Lipinski definition) is 6. The quantitative estimate of drug-likeness (QED) is 0.350. The highest BCUT2D eigenvalue weighted by atomic mass is 16.5. The van der Waals surface area contributed by atoms with Gasteiger partial charge in [0.05, 0.1) is 14.2 Å². The molecule has 3 aromatic rings. The first-order chi connectivity index (χ1) is 15.9. The van der Waals surface area contributed by atoms with Gasteiger partial charge in [-0.1, -0.05) is 24.3 Å². The first-order valence-corrected chi connectivity index (χ1v) is 10.5. The van der Waals surface area contributed by atoms with Crippen molar-refractivity contribution in [3.05, 3.63) is 54.2 Å². The first-order valence-electron chi connectivity index (χ1n) is 10.5. The number of aliphatic hydroxyl groups excluding tert-OH is 1. The zero-order valence-corrected chi connectivity index (χ0v) is 18.9. The van der Waals surface area contributed by atoms with Crippen LogP contribution in [0.25, 0.3) is 10.9 Å². The van der Waals surface area contributed by atoms with Crippen LogP contribution in [0.5, 0.6) is 17.2 Å². The summed E-state index contributed by atoms with van der Waals surface area (Å²) in [4.78, 5) is 27.6. The normalized spacial score (nSPS) is 12.6. The van der Waals surface area contributed by atoms with Gasteiger partial charge in [0.1, 0.15) is 18.8 Å². The van der Waals surface area contributed by atoms with Gasteiger partial charge in [-0.3, -0.25) is 9.59 Å². The maximum atomic E-state index is 12.8. The maximum absolute atomic E-state index is 12.8. The van der Waals surface area contributed by atoms with Crippen LogP contribution in [0, 0.1) is 0 Å². The summed E-state index contributed by atoms with van der Waals surface area (Å²) in [6.45, 7) is 1.21. The van der Waals surface area contributed by atoms with Crippen LogP contribution in [-0.4, -0.2) is 61.4 Å². The first kappa shape index (κ1) is 23.9. The molecule has 0 saturated heterocycles. The molecule has 0 aliphatic heterocycles. The van der Waals surface area contributed by atoms with Crippen LogP contribution in [0.15, 0.2) is 48.7 Å². The lowest BCUT2D eigenvalue weighted by Crippen LogP contribution is -2.49. The Morgan fingerprint density at radius 1 is 1.06 bits per heavy atom. The summed E-state index contributed by atoms with van der Waals surface area (Å²) in [5.41, 5.74) is 1.86. The Bertz CT molecular complexity index is 1070. The summed E-state index contributed by atoms with van der Waals surface area (Å²) < 4.78 is 16.2. The molecule has 0 bridgehead atoms. The number of aliphatic hydroxyl groups is 1. The van der Waals surface area contributed by atoms with E-state index >= 15 is 0 Å². The Morgan fingerprint density at radius 3 is 2.42 bits per heavy atom. The zero-order valence-electron chi connectivity index (χ0n) is 18.9. The van der Waals surface area contributed by atoms with E-state index < -0.39 is 18.1 Å². The summed E-state index contributed by atoms with van der Waals surface area (Å²) >= 11 is 0. The van der Waals surface area contributed by atoms with Crippen molar-refractivity contribution < 1.29 is 28.9 Å². The number of ether oxygens (including phenoxy) is 3. The molecule has 3 rings (SSSR count). The van der Waals surface area contributed by atoms with Crippen LogP contribution < -0.4 is 24.8 Å². The molecule has 176 valence electrons. The molecular weight excluding hydrogens is 426 g/mol. The van der Waals surface area contributed by atoms with Crippen molar-refractivity contribution >= 4 is 22.7 Å². The lowest BCUT2D eigenvalue weighted by atomic mass is 10.0. The lowest BCUT2D eigenvalue weighted by Gasteiger charge is -2.20. The largest absolute Gasteiger partial charge is 0.493 e. The summed E-state index contributed by atoms with van der Waals surface area (Å²) in [6.07, 6.45) is 1.14. The van der Waals surface area contributed by atoms with E-state index in [1.54, 1.807) is 18.2 Å². The molecular formula is C24H29N3O6. The maximum Gasteiger partial charge on any atom is 0.243 e. The highest BCUT2D eigenvalue weighted by Crippen LogP contribution is 2.36. The van der Waals surface area contributed by atoms with Crippen LogP contribution in [0.4, 0.5) is 0 Å². The van der Waals surface area contributed by atoms with E-state index in [0.717, 1.165) is 16.5 Å². The minimum Gasteiger partial charge on any atom is -0.493 e. The molecule has 0 aliphatic rings. The molecule has 2 atom stereocenters. The van der Waals surface area contributed by atoms with Gasteiger partial charge in [-0.2, -0.15) is 0 Å². The third-order valence-electron chi connectivity index (χ3n) is 5.11. The van der Waals surface area contributed by atoms with Crippen molar-refractivity contribution in [3.63, 3.8) is 0 Å². The highest BCUT2D eigenvalue weighted by molar-refractivity contribution is 5.89. The van der Waals surface area contributed by atoms with Crippen LogP contribution >= 0.6 is 0 Å². The number of carbonyl (C=O) groups is 2. The summed E-state index contributed by atoms with van der Waals surface area (Å²) in [5.74, 6) is 0.583. The number of methoxy groups -OCH3 is 2. The molecule has 0 saturated carbocycles. The number of para-hydroxylation sites is 2. The van der Waals surface area contributed by atoms with E-state index in [0.29, 0.717) is 23.7 Å². The van der Waals surface area contributed by atoms with Gasteiger partial charge < -0.3 is 34.9 Å². The Morgan fingerprint density at radius 2 is 1.76 bits per heavy atom. The summed E-state index contributed by atoms with van der Waals surface area (Å²) in [6, 6.07) is 12.1. The third-order valence-corrected chi connectivity index (χ3v) is 5.11. The third kappa shape index (κ3) is 6.17. The van der Waals surface area contributed by atoms with E-state index in [1.165, 1.54) is 21.1 Å². The number of fused-ring (bicyclic) bond motifs is 1. The molecule has 9 nitrogen and oxygen atoms in total. The SMILES string of the molecule is COc1cccc(OC)c1OCC(O)CNC(=O)C(Cc1c[nH]c2ccccc12)NC(C)=O. The minimum absolute atomic E-state index is 0.0553. The van der Waals surface area contributed by atoms with Gasteiger partial charge in [0.15, 0.2) is 11.5 Å². The van der Waals surface area contributed by atoms with Crippen LogP contribution in [0.3, 0.4) is 0 Å². The molecule has 4 N–H and O–H groups in total. The second-order valence-electron chi connectivity index (χ2n) is 7.52. The molecule has 0 spiro atoms. The van der Waals surface area contributed by atoms with Gasteiger partial charge in [0.2, 0.25) is 17.6 Å². The molecule has 0 aliphatic carbocycles. The fraction of sp³-hybridized carbons (Fsp3) is 0.333. The molecule has 2 unspecified atom stereocenters. The average molecular weight is 456 g/mol. The fourth-order valence-corrected chi connectivity index (χ4v) is 3.51. The number of aromatic amines is 1. The number of rotatable bonds is 11. The number of benzene rings is 2. The molecule has 2 aromatic carbocycles. The minimum atomic E-state index is -0.991. The number of amides is 2. The lowest BCUT2D eigenvalue weighted by molar-refractivity contribution is -0.128. The van der Waals surface area contributed by atoms with Gasteiger partial charge in [-0.15, -0.1) is 0 Å². The average Bonchev–Trinajstić information content (AvgIpc) is 3.23. The van der Waals surface area contributed by atoms with Gasteiger partial charge in [-0.05, 0) is 23.8 Å². The van der Waals surface area contributed by atoms with E-state index in [4.69, 9.17) is 14.2 Å². The molecule has 1 heterocycles. The Hall–Kier alpha value is -3.72. The van der Waals surface area contributed by atoms with E-state index in [1.807, 2.05) is 30.5 Å². The van der Waals surface area contributed by atoms with Gasteiger partial charge in [0, 0.05) is 37.0 Å². The van der Waals surface area contributed by atoms with Crippen LogP contribution in [0.2, 0.25) is 0 Å². The highest BCUT2D eigenvalue weighted by Gasteiger charge is 2.22. The van der Waals surface area contributed by atoms with E-state index in [9.17, 15) is 14.7 Å². The molecule has 0 fully saturated rings. The van der Waals surface area contributed by atoms with E-state index in [-0.39, 0.29) is 19.1 Å². The van der Waals surface area contributed by atoms with Crippen molar-refractivity contribution in [2.75, 3.05) is 27.4 Å². The molecule has 1 aromatic heterocycles. The molecule has 9 heteroatoms. The molecule has 2 amide bonds. The zero-order chi connectivity index (χ0) is 23.8. The molecule has 33 heavy (non-hydrogen) atoms. The number of H-pyrrole nitrogens is 1. The predicted molar refractivity (Wildman–Crippen MR) is 124 cm³/mol. The Labute approximate surface area is 192 Å². The second-order valence-corrected chi connectivity index (χ2v) is 7.52. The van der Waals surface area contributed by atoms with Crippen molar-refractivity contribution in [3.8, 4) is 17.2 Å². The predicted octanol–water partition coefficient (Wildman–Crippen LogP) is 1.79. The Balaban J connectivity index is 1.59. The second kappa shape index (κ2) is 11.2. The van der Waals surface area contributed by atoms with Gasteiger partial charge in [-0.25, -0.2) is 0 Å². The monoisotopic (exact) mass is 455 g/mol.